The second-order valence-electron chi connectivity index (χ2n) is 7.38. The standard InChI is InChI=1S/C22H13F3N8OS/c1-12-7-17(33-28-5-6-29-33)13(9-26)8-15(12)30-21(34)14-10-32(31-20(14)22(23,24)25)16-3-2-4-18-19(16)27-11-35-18/h2-8,10-11H,1H3,(H,30,34). The highest BCUT2D eigenvalue weighted by atomic mass is 32.1. The van der Waals surface area contributed by atoms with Crippen molar-refractivity contribution >= 4 is 33.1 Å². The number of hydrogen-bond donors (Lipinski definition) is 1. The van der Waals surface area contributed by atoms with E-state index < -0.39 is 23.3 Å². The van der Waals surface area contributed by atoms with E-state index in [0.29, 0.717) is 22.5 Å². The quantitative estimate of drug-likeness (QED) is 0.393. The average Bonchev–Trinajstić information content (AvgIpc) is 3.59. The number of carbonyl (C=O) groups excluding carboxylic acids is 1. The van der Waals surface area contributed by atoms with Crippen LogP contribution in [0.15, 0.2) is 54.4 Å². The van der Waals surface area contributed by atoms with Crippen LogP contribution in [0.5, 0.6) is 0 Å². The Morgan fingerprint density at radius 1 is 1.17 bits per heavy atom. The number of fused-ring (bicyclic) bond motifs is 1. The van der Waals surface area contributed by atoms with Crippen LogP contribution in [0.25, 0.3) is 21.6 Å². The fraction of sp³-hybridized carbons (Fsp3) is 0.0909. The van der Waals surface area contributed by atoms with Crippen LogP contribution >= 0.6 is 11.3 Å². The molecule has 0 fully saturated rings. The molecule has 174 valence electrons. The lowest BCUT2D eigenvalue weighted by Crippen LogP contribution is -2.18. The van der Waals surface area contributed by atoms with Gasteiger partial charge in [0.25, 0.3) is 5.91 Å². The molecule has 5 aromatic rings. The summed E-state index contributed by atoms with van der Waals surface area (Å²) in [6, 6.07) is 9.94. The molecule has 0 aliphatic carbocycles. The molecule has 0 unspecified atom stereocenters. The number of thiazole rings is 1. The first kappa shape index (κ1) is 22.2. The summed E-state index contributed by atoms with van der Waals surface area (Å²) in [6.45, 7) is 1.64. The van der Waals surface area contributed by atoms with Crippen LogP contribution in [0.2, 0.25) is 0 Å². The van der Waals surface area contributed by atoms with Crippen molar-refractivity contribution in [2.45, 2.75) is 13.1 Å². The van der Waals surface area contributed by atoms with Gasteiger partial charge in [0.2, 0.25) is 0 Å². The Balaban J connectivity index is 1.55. The van der Waals surface area contributed by atoms with Gasteiger partial charge in [-0.15, -0.1) is 11.3 Å². The number of amides is 1. The zero-order valence-corrected chi connectivity index (χ0v) is 18.6. The van der Waals surface area contributed by atoms with Crippen LogP contribution in [0, 0.1) is 18.3 Å². The minimum atomic E-state index is -4.88. The van der Waals surface area contributed by atoms with Crippen molar-refractivity contribution < 1.29 is 18.0 Å². The molecule has 0 aliphatic heterocycles. The van der Waals surface area contributed by atoms with Gasteiger partial charge < -0.3 is 5.32 Å². The maximum absolute atomic E-state index is 13.8. The minimum Gasteiger partial charge on any atom is -0.322 e. The van der Waals surface area contributed by atoms with Gasteiger partial charge in [0, 0.05) is 11.9 Å². The Bertz CT molecular complexity index is 1610. The van der Waals surface area contributed by atoms with E-state index in [0.717, 1.165) is 15.6 Å². The number of benzene rings is 2. The molecule has 1 amide bonds. The van der Waals surface area contributed by atoms with Crippen LogP contribution in [0.3, 0.4) is 0 Å². The lowest BCUT2D eigenvalue weighted by Gasteiger charge is -2.12. The van der Waals surface area contributed by atoms with E-state index in [1.54, 1.807) is 36.7 Å². The summed E-state index contributed by atoms with van der Waals surface area (Å²) in [5.41, 5.74) is 1.53. The summed E-state index contributed by atoms with van der Waals surface area (Å²) < 4.78 is 43.2. The van der Waals surface area contributed by atoms with Crippen LogP contribution in [-0.2, 0) is 6.18 Å². The fourth-order valence-electron chi connectivity index (χ4n) is 3.54. The average molecular weight is 494 g/mol. The highest BCUT2D eigenvalue weighted by Crippen LogP contribution is 2.33. The Morgan fingerprint density at radius 3 is 2.66 bits per heavy atom. The molecule has 0 bridgehead atoms. The first-order chi connectivity index (χ1) is 16.8. The Kier molecular flexibility index (Phi) is 5.29. The number of hydrogen-bond acceptors (Lipinski definition) is 7. The normalized spacial score (nSPS) is 11.5. The van der Waals surface area contributed by atoms with Crippen LogP contribution in [0.4, 0.5) is 18.9 Å². The molecule has 1 N–H and O–H groups in total. The predicted octanol–water partition coefficient (Wildman–Crippen LogP) is 4.51. The van der Waals surface area contributed by atoms with Gasteiger partial charge in [-0.05, 0) is 36.8 Å². The lowest BCUT2D eigenvalue weighted by atomic mass is 10.1. The third kappa shape index (κ3) is 4.00. The molecular weight excluding hydrogens is 481 g/mol. The molecule has 3 heterocycles. The number of anilines is 1. The highest BCUT2D eigenvalue weighted by molar-refractivity contribution is 7.16. The summed E-state index contributed by atoms with van der Waals surface area (Å²) >= 11 is 1.34. The maximum Gasteiger partial charge on any atom is 0.435 e. The largest absolute Gasteiger partial charge is 0.435 e. The van der Waals surface area contributed by atoms with Crippen molar-refractivity contribution in [2.75, 3.05) is 5.32 Å². The summed E-state index contributed by atoms with van der Waals surface area (Å²) in [5.74, 6) is -1.02. The maximum atomic E-state index is 13.8. The molecule has 0 saturated carbocycles. The number of para-hydroxylation sites is 1. The molecule has 9 nitrogen and oxygen atoms in total. The SMILES string of the molecule is Cc1cc(-n2nccn2)c(C#N)cc1NC(=O)c1cn(-c2cccc3scnc23)nc1C(F)(F)F. The second kappa shape index (κ2) is 8.33. The van der Waals surface area contributed by atoms with Gasteiger partial charge in [0.05, 0.1) is 39.4 Å². The summed E-state index contributed by atoms with van der Waals surface area (Å²) in [7, 11) is 0. The number of nitrogens with one attached hydrogen (secondary N) is 1. The monoisotopic (exact) mass is 494 g/mol. The van der Waals surface area contributed by atoms with Gasteiger partial charge in [-0.3, -0.25) is 4.79 Å². The molecule has 35 heavy (non-hydrogen) atoms. The smallest absolute Gasteiger partial charge is 0.322 e. The Labute approximate surface area is 199 Å². The van der Waals surface area contributed by atoms with Gasteiger partial charge in [-0.1, -0.05) is 6.07 Å². The number of alkyl halides is 3. The molecule has 0 aliphatic rings. The van der Waals surface area contributed by atoms with Crippen molar-refractivity contribution in [1.82, 2.24) is 29.8 Å². The summed E-state index contributed by atoms with van der Waals surface area (Å²) in [5, 5.41) is 23.7. The van der Waals surface area contributed by atoms with E-state index in [1.165, 1.54) is 34.6 Å². The predicted molar refractivity (Wildman–Crippen MR) is 121 cm³/mol. The van der Waals surface area contributed by atoms with Gasteiger partial charge in [-0.25, -0.2) is 9.67 Å². The Hall–Kier alpha value is -4.57. The number of nitriles is 1. The molecule has 5 rings (SSSR count). The van der Waals surface area contributed by atoms with Crippen molar-refractivity contribution in [1.29, 1.82) is 5.26 Å². The van der Waals surface area contributed by atoms with Crippen molar-refractivity contribution in [2.24, 2.45) is 0 Å². The van der Waals surface area contributed by atoms with E-state index in [9.17, 15) is 23.2 Å². The molecule has 0 radical (unpaired) electrons. The van der Waals surface area contributed by atoms with Gasteiger partial charge in [0.1, 0.15) is 17.3 Å². The van der Waals surface area contributed by atoms with Crippen LogP contribution < -0.4 is 5.32 Å². The first-order valence-corrected chi connectivity index (χ1v) is 10.9. The molecule has 2 aromatic carbocycles. The third-order valence-electron chi connectivity index (χ3n) is 5.16. The number of carbonyl (C=O) groups is 1. The number of aromatic nitrogens is 6. The molecule has 13 heteroatoms. The van der Waals surface area contributed by atoms with Crippen molar-refractivity contribution in [3.63, 3.8) is 0 Å². The third-order valence-corrected chi connectivity index (χ3v) is 5.95. The fourth-order valence-corrected chi connectivity index (χ4v) is 4.24. The zero-order valence-electron chi connectivity index (χ0n) is 17.8. The van der Waals surface area contributed by atoms with E-state index >= 15 is 0 Å². The first-order valence-electron chi connectivity index (χ1n) is 9.98. The highest BCUT2D eigenvalue weighted by Gasteiger charge is 2.39. The lowest BCUT2D eigenvalue weighted by molar-refractivity contribution is -0.141. The summed E-state index contributed by atoms with van der Waals surface area (Å²) in [6.07, 6.45) is -0.978. The second-order valence-corrected chi connectivity index (χ2v) is 8.27. The molecule has 0 spiro atoms. The number of aryl methyl sites for hydroxylation is 1. The van der Waals surface area contributed by atoms with E-state index in [1.807, 2.05) is 6.07 Å². The summed E-state index contributed by atoms with van der Waals surface area (Å²) in [4.78, 5) is 18.5. The van der Waals surface area contributed by atoms with Crippen molar-refractivity contribution in [3.8, 4) is 17.4 Å². The Morgan fingerprint density at radius 2 is 1.94 bits per heavy atom. The van der Waals surface area contributed by atoms with Crippen molar-refractivity contribution in [3.05, 3.63) is 76.8 Å². The zero-order chi connectivity index (χ0) is 24.7. The van der Waals surface area contributed by atoms with Crippen LogP contribution in [0.1, 0.15) is 27.2 Å². The molecule has 3 aromatic heterocycles. The number of nitrogens with zero attached hydrogens (tertiary/aromatic N) is 7. The van der Waals surface area contributed by atoms with Gasteiger partial charge in [-0.2, -0.15) is 38.5 Å². The van der Waals surface area contributed by atoms with E-state index in [-0.39, 0.29) is 11.3 Å². The van der Waals surface area contributed by atoms with Gasteiger partial charge >= 0.3 is 6.18 Å². The number of halogens is 3. The molecule has 0 atom stereocenters. The van der Waals surface area contributed by atoms with E-state index in [2.05, 4.69) is 25.6 Å². The van der Waals surface area contributed by atoms with Crippen LogP contribution in [-0.4, -0.2) is 35.7 Å². The minimum absolute atomic E-state index is 0.129. The molecular formula is C22H13F3N8OS. The molecule has 0 saturated heterocycles. The number of rotatable bonds is 4. The van der Waals surface area contributed by atoms with E-state index in [4.69, 9.17) is 0 Å². The van der Waals surface area contributed by atoms with Gasteiger partial charge in [0.15, 0.2) is 5.69 Å². The topological polar surface area (TPSA) is 114 Å².